The van der Waals surface area contributed by atoms with E-state index >= 15 is 0 Å². The number of furan rings is 1. The molecule has 4 heteroatoms. The van der Waals surface area contributed by atoms with Gasteiger partial charge in [-0.15, -0.1) is 0 Å². The molecule has 1 aromatic carbocycles. The zero-order valence-corrected chi connectivity index (χ0v) is 13.6. The lowest BCUT2D eigenvalue weighted by Crippen LogP contribution is -2.24. The predicted molar refractivity (Wildman–Crippen MR) is 82.4 cm³/mol. The number of halogens is 2. The van der Waals surface area contributed by atoms with Crippen LogP contribution in [-0.4, -0.2) is 6.54 Å². The van der Waals surface area contributed by atoms with Gasteiger partial charge in [0.15, 0.2) is 0 Å². The highest BCUT2D eigenvalue weighted by Crippen LogP contribution is 2.31. The summed E-state index contributed by atoms with van der Waals surface area (Å²) in [6.45, 7) is 6.73. The molecule has 2 aromatic rings. The monoisotopic (exact) mass is 339 g/mol. The second kappa shape index (κ2) is 6.55. The lowest BCUT2D eigenvalue weighted by atomic mass is 9.98. The highest BCUT2D eigenvalue weighted by atomic mass is 79.9. The fourth-order valence-corrected chi connectivity index (χ4v) is 2.74. The van der Waals surface area contributed by atoms with Gasteiger partial charge in [-0.2, -0.15) is 0 Å². The van der Waals surface area contributed by atoms with Crippen molar-refractivity contribution in [2.75, 3.05) is 6.54 Å². The Labute approximate surface area is 127 Å². The molecular weight excluding hydrogens is 321 g/mol. The Morgan fingerprint density at radius 2 is 2.05 bits per heavy atom. The summed E-state index contributed by atoms with van der Waals surface area (Å²) in [4.78, 5) is 0. The molecule has 1 N–H and O–H groups in total. The number of nitrogens with one attached hydrogen (secondary N) is 1. The van der Waals surface area contributed by atoms with Crippen molar-refractivity contribution in [2.45, 2.75) is 33.2 Å². The minimum absolute atomic E-state index is 0.190. The van der Waals surface area contributed by atoms with Gasteiger partial charge in [0.2, 0.25) is 0 Å². The molecule has 2 nitrogen and oxygen atoms in total. The minimum Gasteiger partial charge on any atom is -0.466 e. The molecule has 108 valence electrons. The Kier molecular flexibility index (Phi) is 5.00. The van der Waals surface area contributed by atoms with Gasteiger partial charge < -0.3 is 9.73 Å². The number of rotatable bonds is 5. The van der Waals surface area contributed by atoms with E-state index in [-0.39, 0.29) is 11.9 Å². The molecule has 0 spiro atoms. The highest BCUT2D eigenvalue weighted by molar-refractivity contribution is 9.10. The summed E-state index contributed by atoms with van der Waals surface area (Å²) in [5.41, 5.74) is 1.63. The highest BCUT2D eigenvalue weighted by Gasteiger charge is 2.22. The van der Waals surface area contributed by atoms with E-state index < -0.39 is 0 Å². The van der Waals surface area contributed by atoms with E-state index in [0.717, 1.165) is 30.0 Å². The topological polar surface area (TPSA) is 25.2 Å². The summed E-state index contributed by atoms with van der Waals surface area (Å²) in [5.74, 6) is 1.45. The van der Waals surface area contributed by atoms with Crippen LogP contribution in [0.4, 0.5) is 4.39 Å². The normalized spacial score (nSPS) is 12.7. The maximum absolute atomic E-state index is 14.4. The Balaban J connectivity index is 2.47. The van der Waals surface area contributed by atoms with Crippen molar-refractivity contribution in [2.24, 2.45) is 0 Å². The van der Waals surface area contributed by atoms with Gasteiger partial charge in [-0.05, 0) is 54.9 Å². The molecule has 1 atom stereocenters. The SMILES string of the molecule is CCCNC(c1cc(C)oc1C)c1cccc(Br)c1F. The Hall–Kier alpha value is -1.13. The second-order valence-corrected chi connectivity index (χ2v) is 5.75. The van der Waals surface area contributed by atoms with E-state index in [9.17, 15) is 4.39 Å². The molecule has 0 saturated heterocycles. The van der Waals surface area contributed by atoms with Crippen LogP contribution in [0.25, 0.3) is 0 Å². The van der Waals surface area contributed by atoms with E-state index in [1.807, 2.05) is 32.0 Å². The van der Waals surface area contributed by atoms with E-state index in [2.05, 4.69) is 28.2 Å². The number of aryl methyl sites for hydroxylation is 2. The number of benzene rings is 1. The first-order chi connectivity index (χ1) is 9.54. The summed E-state index contributed by atoms with van der Waals surface area (Å²) >= 11 is 3.25. The quantitative estimate of drug-likeness (QED) is 0.839. The van der Waals surface area contributed by atoms with Crippen LogP contribution in [0, 0.1) is 19.7 Å². The molecule has 1 aromatic heterocycles. The van der Waals surface area contributed by atoms with Crippen LogP contribution in [0.5, 0.6) is 0 Å². The van der Waals surface area contributed by atoms with Crippen molar-refractivity contribution in [1.29, 1.82) is 0 Å². The first kappa shape index (κ1) is 15.3. The predicted octanol–water partition coefficient (Wildman–Crippen LogP) is 4.89. The molecule has 20 heavy (non-hydrogen) atoms. The first-order valence-electron chi connectivity index (χ1n) is 6.78. The van der Waals surface area contributed by atoms with Gasteiger partial charge in [0.1, 0.15) is 17.3 Å². The van der Waals surface area contributed by atoms with Crippen LogP contribution >= 0.6 is 15.9 Å². The van der Waals surface area contributed by atoms with Gasteiger partial charge in [-0.25, -0.2) is 4.39 Å². The van der Waals surface area contributed by atoms with Gasteiger partial charge in [0.25, 0.3) is 0 Å². The molecule has 0 amide bonds. The van der Waals surface area contributed by atoms with E-state index in [4.69, 9.17) is 4.42 Å². The van der Waals surface area contributed by atoms with Crippen molar-refractivity contribution >= 4 is 15.9 Å². The average Bonchev–Trinajstić information content (AvgIpc) is 2.74. The maximum Gasteiger partial charge on any atom is 0.142 e. The van der Waals surface area contributed by atoms with E-state index in [0.29, 0.717) is 10.0 Å². The number of hydrogen-bond donors (Lipinski definition) is 1. The molecule has 0 bridgehead atoms. The molecule has 0 fully saturated rings. The molecule has 1 heterocycles. The van der Waals surface area contributed by atoms with E-state index in [1.54, 1.807) is 6.07 Å². The van der Waals surface area contributed by atoms with Crippen molar-refractivity contribution < 1.29 is 8.81 Å². The second-order valence-electron chi connectivity index (χ2n) is 4.90. The third-order valence-electron chi connectivity index (χ3n) is 3.28. The minimum atomic E-state index is -0.223. The maximum atomic E-state index is 14.4. The summed E-state index contributed by atoms with van der Waals surface area (Å²) in [7, 11) is 0. The van der Waals surface area contributed by atoms with Crippen LogP contribution in [0.15, 0.2) is 33.2 Å². The summed E-state index contributed by atoms with van der Waals surface area (Å²) in [6, 6.07) is 7.16. The summed E-state index contributed by atoms with van der Waals surface area (Å²) < 4.78 is 20.5. The molecule has 0 saturated carbocycles. The van der Waals surface area contributed by atoms with Gasteiger partial charge in [-0.3, -0.25) is 0 Å². The molecule has 0 aliphatic carbocycles. The lowest BCUT2D eigenvalue weighted by Gasteiger charge is -2.19. The molecular formula is C16H19BrFNO. The third-order valence-corrected chi connectivity index (χ3v) is 3.89. The van der Waals surface area contributed by atoms with Crippen LogP contribution in [-0.2, 0) is 0 Å². The third kappa shape index (κ3) is 3.13. The van der Waals surface area contributed by atoms with Gasteiger partial charge in [0, 0.05) is 11.1 Å². The van der Waals surface area contributed by atoms with Gasteiger partial charge >= 0.3 is 0 Å². The molecule has 0 aliphatic heterocycles. The molecule has 0 aliphatic rings. The van der Waals surface area contributed by atoms with Crippen LogP contribution in [0.3, 0.4) is 0 Å². The average molecular weight is 340 g/mol. The summed E-state index contributed by atoms with van der Waals surface area (Å²) in [6.07, 6.45) is 0.988. The van der Waals surface area contributed by atoms with E-state index in [1.165, 1.54) is 0 Å². The fourth-order valence-electron chi connectivity index (χ4n) is 2.36. The number of hydrogen-bond acceptors (Lipinski definition) is 2. The van der Waals surface area contributed by atoms with Gasteiger partial charge in [0.05, 0.1) is 10.5 Å². The summed E-state index contributed by atoms with van der Waals surface area (Å²) in [5, 5.41) is 3.40. The molecule has 2 rings (SSSR count). The van der Waals surface area contributed by atoms with Crippen molar-refractivity contribution in [3.63, 3.8) is 0 Å². The Bertz CT molecular complexity index is 594. The van der Waals surface area contributed by atoms with Crippen molar-refractivity contribution in [3.8, 4) is 0 Å². The smallest absolute Gasteiger partial charge is 0.142 e. The van der Waals surface area contributed by atoms with Crippen molar-refractivity contribution in [3.05, 3.63) is 57.2 Å². The Morgan fingerprint density at radius 3 is 2.65 bits per heavy atom. The fraction of sp³-hybridized carbons (Fsp3) is 0.375. The van der Waals surface area contributed by atoms with Crippen LogP contribution in [0.2, 0.25) is 0 Å². The van der Waals surface area contributed by atoms with Gasteiger partial charge in [-0.1, -0.05) is 19.1 Å². The Morgan fingerprint density at radius 1 is 1.30 bits per heavy atom. The first-order valence-corrected chi connectivity index (χ1v) is 7.58. The molecule has 0 radical (unpaired) electrons. The van der Waals surface area contributed by atoms with Crippen LogP contribution in [0.1, 0.15) is 42.0 Å². The van der Waals surface area contributed by atoms with Crippen molar-refractivity contribution in [1.82, 2.24) is 5.32 Å². The lowest BCUT2D eigenvalue weighted by molar-refractivity contribution is 0.489. The zero-order valence-electron chi connectivity index (χ0n) is 12.0. The standard InChI is InChI=1S/C16H19BrFNO/c1-4-8-19-16(13-9-10(2)20-11(13)3)12-6-5-7-14(17)15(12)18/h5-7,9,16,19H,4,8H2,1-3H3. The molecule has 1 unspecified atom stereocenters. The largest absolute Gasteiger partial charge is 0.466 e. The zero-order chi connectivity index (χ0) is 14.7. The van der Waals surface area contributed by atoms with Crippen LogP contribution < -0.4 is 5.32 Å².